The number of carbonyl (C=O) groups excluding carboxylic acids is 8. The number of carbonyl (C=O) groups is 9. The maximum atomic E-state index is 13.9. The van der Waals surface area contributed by atoms with E-state index in [0.29, 0.717) is 19.3 Å². The van der Waals surface area contributed by atoms with Gasteiger partial charge in [-0.15, -0.1) is 0 Å². The smallest absolute Gasteiger partial charge is 0.326 e. The molecule has 0 saturated carbocycles. The molecule has 1 saturated heterocycles. The molecule has 1 aliphatic rings. The first-order valence-corrected chi connectivity index (χ1v) is 18.0. The molecule has 1 aliphatic heterocycles. The number of nitrogens with two attached hydrogens (primary N) is 3. The van der Waals surface area contributed by atoms with Gasteiger partial charge in [-0.25, -0.2) is 4.79 Å². The topological polar surface area (TPSA) is 315 Å². The number of primary amides is 2. The third-order valence-electron chi connectivity index (χ3n) is 8.79. The molecule has 1 heterocycles. The largest absolute Gasteiger partial charge is 0.480 e. The highest BCUT2D eigenvalue weighted by atomic mass is 16.4. The summed E-state index contributed by atoms with van der Waals surface area (Å²) in [6.07, 6.45) is 0.172. The second-order valence-electron chi connectivity index (χ2n) is 14.4. The number of nitrogens with one attached hydrogen (secondary N) is 5. The first-order chi connectivity index (χ1) is 24.7. The lowest BCUT2D eigenvalue weighted by Gasteiger charge is -2.32. The normalized spacial score (nSPS) is 17.5. The Morgan fingerprint density at radius 2 is 1.36 bits per heavy atom. The molecular weight excluding hydrogens is 694 g/mol. The Morgan fingerprint density at radius 3 is 1.89 bits per heavy atom. The molecule has 0 unspecified atom stereocenters. The van der Waals surface area contributed by atoms with Crippen LogP contribution in [0.15, 0.2) is 0 Å². The van der Waals surface area contributed by atoms with Crippen LogP contribution in [0.5, 0.6) is 0 Å². The molecule has 8 amide bonds. The molecule has 7 atom stereocenters. The summed E-state index contributed by atoms with van der Waals surface area (Å²) in [5.41, 5.74) is 16.5. The lowest BCUT2D eigenvalue weighted by molar-refractivity contribution is -0.143. The first-order valence-electron chi connectivity index (χ1n) is 18.0. The number of likely N-dealkylation sites (tertiary alicyclic amines) is 1. The van der Waals surface area contributed by atoms with Gasteiger partial charge in [-0.2, -0.15) is 0 Å². The Balaban J connectivity index is 3.18. The van der Waals surface area contributed by atoms with Crippen LogP contribution in [0.1, 0.15) is 92.9 Å². The monoisotopic (exact) mass is 753 g/mol. The van der Waals surface area contributed by atoms with Gasteiger partial charge in [0.25, 0.3) is 0 Å². The number of hydrogen-bond donors (Lipinski definition) is 9. The summed E-state index contributed by atoms with van der Waals surface area (Å²) in [6, 6.07) is -7.38. The van der Waals surface area contributed by atoms with Crippen molar-refractivity contribution in [1.82, 2.24) is 31.5 Å². The van der Waals surface area contributed by atoms with E-state index in [4.69, 9.17) is 17.2 Å². The maximum absolute atomic E-state index is 13.9. The SMILES string of the molecule is CC[C@H](C)[C@H](NC(=O)CNC(=O)[C@@H](N)CC(C)C)C(=O)N1CCC[C@H]1C(=O)N[C@@H](CCC(N)=O)C(=O)N[C@@H](CC(N)=O)C(=O)N[C@@H](CC(C)C)C(=O)O. The van der Waals surface area contributed by atoms with Crippen molar-refractivity contribution in [1.29, 1.82) is 0 Å². The highest BCUT2D eigenvalue weighted by Crippen LogP contribution is 2.22. The molecule has 19 heteroatoms. The molecule has 0 bridgehead atoms. The van der Waals surface area contributed by atoms with Crippen LogP contribution in [-0.2, 0) is 43.2 Å². The van der Waals surface area contributed by atoms with Gasteiger partial charge < -0.3 is 53.8 Å². The van der Waals surface area contributed by atoms with Gasteiger partial charge in [0.1, 0.15) is 30.2 Å². The second-order valence-corrected chi connectivity index (χ2v) is 14.4. The summed E-state index contributed by atoms with van der Waals surface area (Å²) in [4.78, 5) is 116. The standard InChI is InChI=1S/C34H59N9O10/c1-7-19(6)28(42-27(46)16-38-29(47)20(35)13-17(2)3)33(51)43-12-8-9-24(43)32(50)39-21(10-11-25(36)44)30(48)40-22(15-26(37)45)31(49)41-23(34(52)53)14-18(4)5/h17-24,28H,7-16,35H2,1-6H3,(H2,36,44)(H2,37,45)(H,38,47)(H,39,50)(H,40,48)(H,41,49)(H,42,46)(H,52,53)/t19-,20-,21-,22-,23-,24-,28-/m0/s1. The average molecular weight is 754 g/mol. The van der Waals surface area contributed by atoms with E-state index >= 15 is 0 Å². The van der Waals surface area contributed by atoms with Crippen molar-refractivity contribution in [3.8, 4) is 0 Å². The molecule has 1 rings (SSSR count). The number of carboxylic acid groups (broad SMARTS) is 1. The summed E-state index contributed by atoms with van der Waals surface area (Å²) < 4.78 is 0. The van der Waals surface area contributed by atoms with Gasteiger partial charge in [0, 0.05) is 13.0 Å². The van der Waals surface area contributed by atoms with Gasteiger partial charge in [0.15, 0.2) is 0 Å². The van der Waals surface area contributed by atoms with E-state index in [1.165, 1.54) is 4.90 Å². The van der Waals surface area contributed by atoms with Gasteiger partial charge in [-0.05, 0) is 49.9 Å². The Hall–Kier alpha value is -4.81. The Kier molecular flexibility index (Phi) is 19.4. The van der Waals surface area contributed by atoms with E-state index < -0.39 is 102 Å². The summed E-state index contributed by atoms with van der Waals surface area (Å²) in [6.45, 7) is 10.6. The van der Waals surface area contributed by atoms with Crippen LogP contribution in [0, 0.1) is 17.8 Å². The minimum absolute atomic E-state index is 0.0531. The van der Waals surface area contributed by atoms with E-state index in [2.05, 4.69) is 26.6 Å². The van der Waals surface area contributed by atoms with Gasteiger partial charge in [0.05, 0.1) is 19.0 Å². The first kappa shape index (κ1) is 46.2. The van der Waals surface area contributed by atoms with E-state index in [-0.39, 0.29) is 50.0 Å². The molecule has 0 aromatic carbocycles. The zero-order valence-electron chi connectivity index (χ0n) is 31.6. The molecule has 300 valence electrons. The zero-order valence-corrected chi connectivity index (χ0v) is 31.6. The van der Waals surface area contributed by atoms with E-state index in [1.54, 1.807) is 20.8 Å². The molecule has 0 aromatic heterocycles. The van der Waals surface area contributed by atoms with Crippen LogP contribution in [0.4, 0.5) is 0 Å². The van der Waals surface area contributed by atoms with Crippen molar-refractivity contribution < 1.29 is 48.3 Å². The zero-order chi connectivity index (χ0) is 40.6. The van der Waals surface area contributed by atoms with Crippen LogP contribution in [-0.4, -0.2) is 113 Å². The van der Waals surface area contributed by atoms with Crippen LogP contribution < -0.4 is 43.8 Å². The van der Waals surface area contributed by atoms with Crippen molar-refractivity contribution in [2.75, 3.05) is 13.1 Å². The lowest BCUT2D eigenvalue weighted by Crippen LogP contribution is -2.59. The van der Waals surface area contributed by atoms with Crippen molar-refractivity contribution in [3.05, 3.63) is 0 Å². The number of amides is 8. The molecule has 53 heavy (non-hydrogen) atoms. The number of carboxylic acids is 1. The summed E-state index contributed by atoms with van der Waals surface area (Å²) in [5.74, 6) is -7.92. The van der Waals surface area contributed by atoms with Crippen LogP contribution in [0.25, 0.3) is 0 Å². The quantitative estimate of drug-likeness (QED) is 0.0536. The minimum atomic E-state index is -1.62. The highest BCUT2D eigenvalue weighted by molar-refractivity contribution is 5.98. The summed E-state index contributed by atoms with van der Waals surface area (Å²) in [5, 5.41) is 21.8. The minimum Gasteiger partial charge on any atom is -0.480 e. The number of rotatable bonds is 23. The third kappa shape index (κ3) is 16.2. The molecule has 0 aromatic rings. The second kappa shape index (κ2) is 22.3. The van der Waals surface area contributed by atoms with Crippen molar-refractivity contribution in [3.63, 3.8) is 0 Å². The van der Waals surface area contributed by atoms with Gasteiger partial charge in [0.2, 0.25) is 47.3 Å². The fraction of sp³-hybridized carbons (Fsp3) is 0.735. The van der Waals surface area contributed by atoms with Crippen molar-refractivity contribution in [2.24, 2.45) is 35.0 Å². The van der Waals surface area contributed by atoms with Crippen LogP contribution >= 0.6 is 0 Å². The van der Waals surface area contributed by atoms with Gasteiger partial charge >= 0.3 is 5.97 Å². The number of nitrogens with zero attached hydrogens (tertiary/aromatic N) is 1. The van der Waals surface area contributed by atoms with E-state index in [9.17, 15) is 48.3 Å². The fourth-order valence-electron chi connectivity index (χ4n) is 5.77. The van der Waals surface area contributed by atoms with E-state index in [0.717, 1.165) is 0 Å². The summed E-state index contributed by atoms with van der Waals surface area (Å²) >= 11 is 0. The number of hydrogen-bond acceptors (Lipinski definition) is 10. The molecule has 0 spiro atoms. The van der Waals surface area contributed by atoms with Crippen LogP contribution in [0.2, 0.25) is 0 Å². The third-order valence-corrected chi connectivity index (χ3v) is 8.79. The fourth-order valence-corrected chi connectivity index (χ4v) is 5.77. The molecular formula is C34H59N9O10. The molecule has 19 nitrogen and oxygen atoms in total. The lowest BCUT2D eigenvalue weighted by atomic mass is 9.97. The Bertz CT molecular complexity index is 1340. The highest BCUT2D eigenvalue weighted by Gasteiger charge is 2.40. The molecule has 1 fully saturated rings. The van der Waals surface area contributed by atoms with Crippen molar-refractivity contribution >= 4 is 53.2 Å². The molecule has 12 N–H and O–H groups in total. The van der Waals surface area contributed by atoms with Gasteiger partial charge in [-0.1, -0.05) is 48.0 Å². The van der Waals surface area contributed by atoms with E-state index in [1.807, 2.05) is 20.8 Å². The predicted molar refractivity (Wildman–Crippen MR) is 192 cm³/mol. The Labute approximate surface area is 310 Å². The predicted octanol–water partition coefficient (Wildman–Crippen LogP) is -2.28. The summed E-state index contributed by atoms with van der Waals surface area (Å²) in [7, 11) is 0. The van der Waals surface area contributed by atoms with Crippen molar-refractivity contribution in [2.45, 2.75) is 129 Å². The average Bonchev–Trinajstić information content (AvgIpc) is 3.56. The maximum Gasteiger partial charge on any atom is 0.326 e. The van der Waals surface area contributed by atoms with Gasteiger partial charge in [-0.3, -0.25) is 38.4 Å². The number of aliphatic carboxylic acids is 1. The molecule has 0 radical (unpaired) electrons. The van der Waals surface area contributed by atoms with Crippen LogP contribution in [0.3, 0.4) is 0 Å². The Morgan fingerprint density at radius 1 is 0.774 bits per heavy atom. The molecule has 0 aliphatic carbocycles.